The van der Waals surface area contributed by atoms with E-state index in [1.807, 2.05) is 24.3 Å². The normalized spacial score (nSPS) is 12.8. The molecule has 29 heavy (non-hydrogen) atoms. The van der Waals surface area contributed by atoms with Crippen molar-refractivity contribution in [3.05, 3.63) is 67.3 Å². The van der Waals surface area contributed by atoms with E-state index in [0.717, 1.165) is 14.2 Å². The van der Waals surface area contributed by atoms with Crippen molar-refractivity contribution in [3.63, 3.8) is 0 Å². The zero-order valence-corrected chi connectivity index (χ0v) is 17.5. The fourth-order valence-corrected chi connectivity index (χ4v) is 3.52. The predicted octanol–water partition coefficient (Wildman–Crippen LogP) is 3.99. The summed E-state index contributed by atoms with van der Waals surface area (Å²) in [6, 6.07) is 11.5. The molecular weight excluding hydrogens is 489 g/mol. The Bertz CT molecular complexity index is 975. The van der Waals surface area contributed by atoms with E-state index in [-0.39, 0.29) is 29.3 Å². The van der Waals surface area contributed by atoms with Crippen molar-refractivity contribution in [1.82, 2.24) is 4.90 Å². The van der Waals surface area contributed by atoms with Crippen LogP contribution in [0.25, 0.3) is 0 Å². The van der Waals surface area contributed by atoms with Crippen LogP contribution in [0.5, 0.6) is 0 Å². The fraction of sp³-hybridized carbons (Fsp3) is 0.250. The van der Waals surface area contributed by atoms with Crippen LogP contribution in [-0.4, -0.2) is 34.1 Å². The number of nitro benzene ring substituents is 1. The van der Waals surface area contributed by atoms with Crippen molar-refractivity contribution in [2.24, 2.45) is 0 Å². The molecule has 2 aromatic carbocycles. The Morgan fingerprint density at radius 2 is 1.76 bits per heavy atom. The molecule has 1 aliphatic rings. The number of imide groups is 1. The number of anilines is 1. The van der Waals surface area contributed by atoms with Crippen molar-refractivity contribution in [1.29, 1.82) is 0 Å². The Hall–Kier alpha value is -2.82. The van der Waals surface area contributed by atoms with Crippen molar-refractivity contribution in [3.8, 4) is 0 Å². The monoisotopic (exact) mass is 507 g/mol. The molecule has 1 aliphatic heterocycles. The van der Waals surface area contributed by atoms with Crippen molar-refractivity contribution in [2.45, 2.75) is 25.7 Å². The van der Waals surface area contributed by atoms with E-state index >= 15 is 0 Å². The highest BCUT2D eigenvalue weighted by Crippen LogP contribution is 2.30. The summed E-state index contributed by atoms with van der Waals surface area (Å²) >= 11 is 2.19. The van der Waals surface area contributed by atoms with Crippen LogP contribution in [0.15, 0.2) is 42.5 Å². The number of carbonyl (C=O) groups excluding carboxylic acids is 3. The van der Waals surface area contributed by atoms with Gasteiger partial charge >= 0.3 is 0 Å². The number of nitrogens with zero attached hydrogens (tertiary/aromatic N) is 2. The van der Waals surface area contributed by atoms with Crippen molar-refractivity contribution < 1.29 is 19.3 Å². The van der Waals surface area contributed by atoms with Crippen molar-refractivity contribution in [2.75, 3.05) is 11.9 Å². The van der Waals surface area contributed by atoms with Crippen LogP contribution in [0.4, 0.5) is 11.4 Å². The third-order valence-corrected chi connectivity index (χ3v) is 5.31. The van der Waals surface area contributed by atoms with Crippen LogP contribution >= 0.6 is 22.6 Å². The standard InChI is InChI=1S/C20H18IN3O5/c21-13-8-10-14(11-9-13)22-17(25)7-2-1-3-12-23-19(26)15-5-4-6-16(24(28)29)18(15)20(23)27/h4-6,8-11H,1-3,7,12H2,(H,22,25). The lowest BCUT2D eigenvalue weighted by molar-refractivity contribution is -0.385. The lowest BCUT2D eigenvalue weighted by Crippen LogP contribution is -2.30. The van der Waals surface area contributed by atoms with E-state index in [9.17, 15) is 24.5 Å². The van der Waals surface area contributed by atoms with E-state index in [1.54, 1.807) is 0 Å². The zero-order chi connectivity index (χ0) is 21.0. The molecule has 0 fully saturated rings. The predicted molar refractivity (Wildman–Crippen MR) is 115 cm³/mol. The third kappa shape index (κ3) is 4.78. The first-order valence-corrected chi connectivity index (χ1v) is 10.2. The summed E-state index contributed by atoms with van der Waals surface area (Å²) in [7, 11) is 0. The number of benzene rings is 2. The molecule has 0 saturated heterocycles. The smallest absolute Gasteiger partial charge is 0.282 e. The fourth-order valence-electron chi connectivity index (χ4n) is 3.16. The minimum atomic E-state index is -0.653. The quantitative estimate of drug-likeness (QED) is 0.191. The lowest BCUT2D eigenvalue weighted by atomic mass is 10.1. The molecule has 0 aromatic heterocycles. The molecule has 1 N–H and O–H groups in total. The number of hydrogen-bond acceptors (Lipinski definition) is 5. The average molecular weight is 507 g/mol. The molecule has 0 bridgehead atoms. The van der Waals surface area contributed by atoms with Gasteiger partial charge in [0.15, 0.2) is 0 Å². The van der Waals surface area contributed by atoms with Gasteiger partial charge in [-0.1, -0.05) is 12.5 Å². The van der Waals surface area contributed by atoms with Crippen molar-refractivity contribution >= 4 is 51.7 Å². The molecule has 0 radical (unpaired) electrons. The maximum Gasteiger partial charge on any atom is 0.282 e. The number of fused-ring (bicyclic) bond motifs is 1. The summed E-state index contributed by atoms with van der Waals surface area (Å²) in [6.45, 7) is 0.169. The Morgan fingerprint density at radius 3 is 2.45 bits per heavy atom. The Kier molecular flexibility index (Phi) is 6.57. The molecule has 0 spiro atoms. The number of halogens is 1. The number of nitro groups is 1. The van der Waals surface area contributed by atoms with Gasteiger partial charge in [-0.05, 0) is 65.8 Å². The van der Waals surface area contributed by atoms with E-state index in [0.29, 0.717) is 25.7 Å². The van der Waals surface area contributed by atoms with Gasteiger partial charge in [0.25, 0.3) is 17.5 Å². The summed E-state index contributed by atoms with van der Waals surface area (Å²) in [5.41, 5.74) is 0.319. The molecule has 0 aliphatic carbocycles. The topological polar surface area (TPSA) is 110 Å². The van der Waals surface area contributed by atoms with Crippen LogP contribution in [0, 0.1) is 13.7 Å². The number of rotatable bonds is 8. The molecule has 3 rings (SSSR count). The van der Waals surface area contributed by atoms with Gasteiger partial charge in [0.05, 0.1) is 10.5 Å². The van der Waals surface area contributed by atoms with Gasteiger partial charge in [-0.2, -0.15) is 0 Å². The SMILES string of the molecule is O=C(CCCCCN1C(=O)c2cccc([N+](=O)[O-])c2C1=O)Nc1ccc(I)cc1. The summed E-state index contributed by atoms with van der Waals surface area (Å²) in [5, 5.41) is 13.9. The molecule has 0 atom stereocenters. The zero-order valence-electron chi connectivity index (χ0n) is 15.4. The largest absolute Gasteiger partial charge is 0.326 e. The molecule has 0 saturated carbocycles. The molecule has 8 nitrogen and oxygen atoms in total. The summed E-state index contributed by atoms with van der Waals surface area (Å²) in [4.78, 5) is 48.3. The van der Waals surface area contributed by atoms with Gasteiger partial charge in [0, 0.05) is 28.3 Å². The minimum absolute atomic E-state index is 0.0705. The Labute approximate surface area is 180 Å². The van der Waals surface area contributed by atoms with Gasteiger partial charge < -0.3 is 5.32 Å². The number of carbonyl (C=O) groups is 3. The molecule has 150 valence electrons. The van der Waals surface area contributed by atoms with Gasteiger partial charge in [-0.15, -0.1) is 0 Å². The first-order chi connectivity index (χ1) is 13.9. The molecule has 0 unspecified atom stereocenters. The van der Waals surface area contributed by atoms with Crippen LogP contribution in [0.1, 0.15) is 46.4 Å². The van der Waals surface area contributed by atoms with Crippen LogP contribution in [0.2, 0.25) is 0 Å². The second-order valence-corrected chi connectivity index (χ2v) is 7.83. The second kappa shape index (κ2) is 9.12. The van der Waals surface area contributed by atoms with Crippen LogP contribution < -0.4 is 5.32 Å². The first-order valence-electron chi connectivity index (χ1n) is 9.07. The summed E-state index contributed by atoms with van der Waals surface area (Å²) in [5.74, 6) is -1.23. The number of nitrogens with one attached hydrogen (secondary N) is 1. The van der Waals surface area contributed by atoms with E-state index < -0.39 is 16.7 Å². The highest BCUT2D eigenvalue weighted by atomic mass is 127. The van der Waals surface area contributed by atoms with Gasteiger partial charge in [0.2, 0.25) is 5.91 Å². The van der Waals surface area contributed by atoms with Crippen LogP contribution in [0.3, 0.4) is 0 Å². The second-order valence-electron chi connectivity index (χ2n) is 6.58. The van der Waals surface area contributed by atoms with E-state index in [4.69, 9.17) is 0 Å². The molecular formula is C20H18IN3O5. The maximum absolute atomic E-state index is 12.5. The highest BCUT2D eigenvalue weighted by Gasteiger charge is 2.40. The number of amides is 3. The van der Waals surface area contributed by atoms with E-state index in [2.05, 4.69) is 27.9 Å². The molecule has 1 heterocycles. The molecule has 2 aromatic rings. The van der Waals surface area contributed by atoms with Gasteiger partial charge in [0.1, 0.15) is 5.56 Å². The van der Waals surface area contributed by atoms with Gasteiger partial charge in [-0.3, -0.25) is 29.4 Å². The van der Waals surface area contributed by atoms with Gasteiger partial charge in [-0.25, -0.2) is 0 Å². The number of unbranched alkanes of at least 4 members (excludes halogenated alkanes) is 2. The summed E-state index contributed by atoms with van der Waals surface area (Å²) in [6.07, 6.45) is 2.12. The maximum atomic E-state index is 12.5. The Morgan fingerprint density at radius 1 is 1.03 bits per heavy atom. The Balaban J connectivity index is 1.46. The highest BCUT2D eigenvalue weighted by molar-refractivity contribution is 14.1. The molecule has 9 heteroatoms. The number of hydrogen-bond donors (Lipinski definition) is 1. The van der Waals surface area contributed by atoms with E-state index in [1.165, 1.54) is 18.2 Å². The van der Waals surface area contributed by atoms with Crippen LogP contribution in [-0.2, 0) is 4.79 Å². The summed E-state index contributed by atoms with van der Waals surface area (Å²) < 4.78 is 1.08. The first kappa shape index (κ1) is 20.9. The molecule has 3 amide bonds. The lowest BCUT2D eigenvalue weighted by Gasteiger charge is -2.13. The third-order valence-electron chi connectivity index (χ3n) is 4.59. The average Bonchev–Trinajstić information content (AvgIpc) is 2.94. The minimum Gasteiger partial charge on any atom is -0.326 e.